The molecule has 39 heavy (non-hydrogen) atoms. The van der Waals surface area contributed by atoms with Gasteiger partial charge in [-0.2, -0.15) is 26.3 Å². The van der Waals surface area contributed by atoms with Crippen LogP contribution in [0.1, 0.15) is 34.2 Å². The molecule has 1 unspecified atom stereocenters. The molecule has 3 heterocycles. The van der Waals surface area contributed by atoms with Crippen molar-refractivity contribution in [2.45, 2.75) is 25.1 Å². The number of nitrogens with zero attached hydrogens (tertiary/aromatic N) is 3. The molecule has 1 atom stereocenters. The molecule has 0 N–H and O–H groups in total. The lowest BCUT2D eigenvalue weighted by atomic mass is 9.99. The van der Waals surface area contributed by atoms with Crippen LogP contribution in [-0.4, -0.2) is 15.7 Å². The predicted molar refractivity (Wildman–Crippen MR) is 128 cm³/mol. The molecule has 0 fully saturated rings. The fraction of sp³-hybridized carbons (Fsp3) is 0.154. The van der Waals surface area contributed by atoms with Gasteiger partial charge in [0.25, 0.3) is 0 Å². The SMILES string of the molecule is Fc1ccccc1-c1ccncc1CN1C(c2ccco2)=NOC1c1cc(C(F)(F)F)cc(C(F)(F)F)c1Br. The van der Waals surface area contributed by atoms with Crippen molar-refractivity contribution in [3.05, 3.63) is 112 Å². The summed E-state index contributed by atoms with van der Waals surface area (Å²) in [4.78, 5) is 10.8. The highest BCUT2D eigenvalue weighted by molar-refractivity contribution is 9.10. The van der Waals surface area contributed by atoms with Crippen LogP contribution in [0.25, 0.3) is 11.1 Å². The van der Waals surface area contributed by atoms with Crippen LogP contribution >= 0.6 is 15.9 Å². The van der Waals surface area contributed by atoms with E-state index in [1.807, 2.05) is 0 Å². The van der Waals surface area contributed by atoms with Crippen molar-refractivity contribution in [2.24, 2.45) is 5.16 Å². The maximum atomic E-state index is 14.7. The van der Waals surface area contributed by atoms with Gasteiger partial charge in [0.1, 0.15) is 5.82 Å². The summed E-state index contributed by atoms with van der Waals surface area (Å²) < 4.78 is 102. The molecule has 0 radical (unpaired) electrons. The normalized spacial score (nSPS) is 15.8. The van der Waals surface area contributed by atoms with Crippen molar-refractivity contribution in [1.82, 2.24) is 9.88 Å². The average molecular weight is 614 g/mol. The molecule has 0 saturated heterocycles. The van der Waals surface area contributed by atoms with Crippen molar-refractivity contribution < 1.29 is 40.0 Å². The highest BCUT2D eigenvalue weighted by Crippen LogP contribution is 2.45. The standard InChI is InChI=1S/C26H15BrF7N3O2/c27-22-18(10-15(25(29,30)31)11-19(22)26(32,33)34)24-37(23(36-39-24)21-6-3-9-38-21)13-14-12-35-8-7-16(14)17-4-1-2-5-20(17)28/h1-12,24H,13H2. The smallest absolute Gasteiger partial charge is 0.417 e. The predicted octanol–water partition coefficient (Wildman–Crippen LogP) is 8.17. The highest BCUT2D eigenvalue weighted by atomic mass is 79.9. The van der Waals surface area contributed by atoms with Gasteiger partial charge in [0, 0.05) is 28.0 Å². The number of halogens is 8. The largest absolute Gasteiger partial charge is 0.461 e. The Labute approximate surface area is 224 Å². The Balaban J connectivity index is 1.65. The molecule has 0 saturated carbocycles. The van der Waals surface area contributed by atoms with Gasteiger partial charge in [-0.3, -0.25) is 4.98 Å². The maximum Gasteiger partial charge on any atom is 0.417 e. The molecular weight excluding hydrogens is 599 g/mol. The van der Waals surface area contributed by atoms with Gasteiger partial charge in [-0.05, 0) is 63.5 Å². The summed E-state index contributed by atoms with van der Waals surface area (Å²) in [6.45, 7) is -0.189. The van der Waals surface area contributed by atoms with Gasteiger partial charge in [0.15, 0.2) is 5.76 Å². The summed E-state index contributed by atoms with van der Waals surface area (Å²) in [7, 11) is 0. The van der Waals surface area contributed by atoms with E-state index in [-0.39, 0.29) is 29.8 Å². The molecule has 0 aliphatic carbocycles. The van der Waals surface area contributed by atoms with Crippen molar-refractivity contribution in [3.63, 3.8) is 0 Å². The van der Waals surface area contributed by atoms with Gasteiger partial charge in [0.2, 0.25) is 12.1 Å². The molecule has 5 rings (SSSR count). The lowest BCUT2D eigenvalue weighted by Crippen LogP contribution is -2.31. The van der Waals surface area contributed by atoms with Crippen LogP contribution in [-0.2, 0) is 23.7 Å². The lowest BCUT2D eigenvalue weighted by Gasteiger charge is -2.28. The zero-order valence-corrected chi connectivity index (χ0v) is 21.0. The molecule has 13 heteroatoms. The van der Waals surface area contributed by atoms with Gasteiger partial charge in [-0.15, -0.1) is 0 Å². The van der Waals surface area contributed by atoms with Gasteiger partial charge in [-0.1, -0.05) is 23.4 Å². The molecule has 1 aliphatic heterocycles. The lowest BCUT2D eigenvalue weighted by molar-refractivity contribution is -0.143. The zero-order chi connectivity index (χ0) is 27.9. The van der Waals surface area contributed by atoms with E-state index in [9.17, 15) is 30.7 Å². The number of rotatable bonds is 5. The van der Waals surface area contributed by atoms with Gasteiger partial charge < -0.3 is 14.2 Å². The molecule has 202 valence electrons. The highest BCUT2D eigenvalue weighted by Gasteiger charge is 2.43. The molecule has 0 spiro atoms. The fourth-order valence-corrected chi connectivity index (χ4v) is 4.82. The van der Waals surface area contributed by atoms with Crippen LogP contribution in [0.4, 0.5) is 30.7 Å². The Bertz CT molecular complexity index is 1540. The van der Waals surface area contributed by atoms with Crippen molar-refractivity contribution in [2.75, 3.05) is 0 Å². The Morgan fingerprint density at radius 1 is 0.923 bits per heavy atom. The third-order valence-electron chi connectivity index (χ3n) is 5.94. The summed E-state index contributed by atoms with van der Waals surface area (Å²) >= 11 is 2.84. The molecule has 0 bridgehead atoms. The van der Waals surface area contributed by atoms with E-state index in [4.69, 9.17) is 9.25 Å². The van der Waals surface area contributed by atoms with E-state index < -0.39 is 45.6 Å². The second-order valence-corrected chi connectivity index (χ2v) is 9.21. The quantitative estimate of drug-likeness (QED) is 0.213. The first kappa shape index (κ1) is 26.7. The second kappa shape index (κ2) is 10.0. The molecule has 2 aromatic carbocycles. The van der Waals surface area contributed by atoms with E-state index in [1.54, 1.807) is 12.1 Å². The first-order valence-electron chi connectivity index (χ1n) is 11.1. The van der Waals surface area contributed by atoms with E-state index in [2.05, 4.69) is 26.1 Å². The number of hydrogen-bond donors (Lipinski definition) is 0. The number of amidine groups is 1. The topological polar surface area (TPSA) is 50.9 Å². The first-order chi connectivity index (χ1) is 18.4. The van der Waals surface area contributed by atoms with Crippen LogP contribution < -0.4 is 0 Å². The third-order valence-corrected chi connectivity index (χ3v) is 6.83. The van der Waals surface area contributed by atoms with Crippen molar-refractivity contribution in [3.8, 4) is 11.1 Å². The Hall–Kier alpha value is -3.87. The number of pyridine rings is 1. The third kappa shape index (κ3) is 5.22. The average Bonchev–Trinajstić information content (AvgIpc) is 3.54. The van der Waals surface area contributed by atoms with Crippen LogP contribution in [0.15, 0.2) is 87.3 Å². The molecule has 1 aliphatic rings. The number of furan rings is 1. The molecule has 5 nitrogen and oxygen atoms in total. The minimum atomic E-state index is -5.11. The van der Waals surface area contributed by atoms with Crippen LogP contribution in [0.2, 0.25) is 0 Å². The van der Waals surface area contributed by atoms with Crippen molar-refractivity contribution >= 4 is 21.8 Å². The first-order valence-corrected chi connectivity index (χ1v) is 11.9. The molecule has 4 aromatic rings. The van der Waals surface area contributed by atoms with E-state index >= 15 is 0 Å². The number of alkyl halides is 6. The van der Waals surface area contributed by atoms with Gasteiger partial charge in [-0.25, -0.2) is 4.39 Å². The fourth-order valence-electron chi connectivity index (χ4n) is 4.17. The Kier molecular flexibility index (Phi) is 6.87. The van der Waals surface area contributed by atoms with E-state index in [1.165, 1.54) is 53.9 Å². The summed E-state index contributed by atoms with van der Waals surface area (Å²) in [6.07, 6.45) is -7.56. The summed E-state index contributed by atoms with van der Waals surface area (Å²) in [5.41, 5.74) is -2.49. The zero-order valence-electron chi connectivity index (χ0n) is 19.4. The second-order valence-electron chi connectivity index (χ2n) is 8.41. The van der Waals surface area contributed by atoms with Gasteiger partial charge >= 0.3 is 12.4 Å². The summed E-state index contributed by atoms with van der Waals surface area (Å²) in [5.74, 6) is -0.381. The van der Waals surface area contributed by atoms with Crippen LogP contribution in [0, 0.1) is 5.82 Å². The number of benzene rings is 2. The Morgan fingerprint density at radius 2 is 1.69 bits per heavy atom. The minimum Gasteiger partial charge on any atom is -0.461 e. The number of hydrogen-bond acceptors (Lipinski definition) is 5. The summed E-state index contributed by atoms with van der Waals surface area (Å²) in [5, 5.41) is 3.93. The molecule has 0 amide bonds. The molecular formula is C26H15BrF7N3O2. The maximum absolute atomic E-state index is 14.7. The molecule has 2 aromatic heterocycles. The van der Waals surface area contributed by atoms with Crippen LogP contribution in [0.3, 0.4) is 0 Å². The number of oxime groups is 1. The Morgan fingerprint density at radius 3 is 2.36 bits per heavy atom. The summed E-state index contributed by atoms with van der Waals surface area (Å²) in [6, 6.07) is 11.1. The van der Waals surface area contributed by atoms with E-state index in [0.29, 0.717) is 17.2 Å². The van der Waals surface area contributed by atoms with Crippen LogP contribution in [0.5, 0.6) is 0 Å². The van der Waals surface area contributed by atoms with Gasteiger partial charge in [0.05, 0.1) is 23.9 Å². The van der Waals surface area contributed by atoms with E-state index in [0.717, 1.165) is 0 Å². The number of aromatic nitrogens is 1. The minimum absolute atomic E-state index is 0.00575. The van der Waals surface area contributed by atoms with Crippen molar-refractivity contribution in [1.29, 1.82) is 0 Å². The monoisotopic (exact) mass is 613 g/mol.